The first-order chi connectivity index (χ1) is 8.74. The molecule has 0 aliphatic carbocycles. The molecule has 1 aromatic heterocycles. The average Bonchev–Trinajstić information content (AvgIpc) is 2.41. The van der Waals surface area contributed by atoms with Crippen molar-refractivity contribution in [2.24, 2.45) is 0 Å². The van der Waals surface area contributed by atoms with E-state index in [-0.39, 0.29) is 0 Å². The zero-order chi connectivity index (χ0) is 12.5. The van der Waals surface area contributed by atoms with Gasteiger partial charge in [0, 0.05) is 36.8 Å². The second kappa shape index (κ2) is 4.53. The van der Waals surface area contributed by atoms with Crippen LogP contribution in [0.3, 0.4) is 0 Å². The monoisotopic (exact) mass is 242 g/mol. The Hall–Kier alpha value is -1.68. The fourth-order valence-electron chi connectivity index (χ4n) is 2.40. The summed E-state index contributed by atoms with van der Waals surface area (Å²) in [7, 11) is 0. The maximum atomic E-state index is 4.67. The van der Waals surface area contributed by atoms with E-state index < -0.39 is 0 Å². The number of anilines is 1. The number of fused-ring (bicyclic) bond motifs is 1. The number of benzene rings is 1. The van der Waals surface area contributed by atoms with E-state index in [2.05, 4.69) is 34.0 Å². The molecule has 4 nitrogen and oxygen atoms in total. The van der Waals surface area contributed by atoms with E-state index in [0.29, 0.717) is 12.1 Å². The van der Waals surface area contributed by atoms with Crippen molar-refractivity contribution in [3.63, 3.8) is 0 Å². The molecule has 1 aliphatic heterocycles. The second-order valence-corrected chi connectivity index (χ2v) is 5.04. The minimum atomic E-state index is 0.433. The predicted molar refractivity (Wildman–Crippen MR) is 73.8 cm³/mol. The normalized spacial score (nSPS) is 24.4. The molecule has 18 heavy (non-hydrogen) atoms. The third kappa shape index (κ3) is 2.04. The molecule has 0 bridgehead atoms. The van der Waals surface area contributed by atoms with Crippen molar-refractivity contribution in [3.05, 3.63) is 30.5 Å². The number of para-hydroxylation sites is 1. The van der Waals surface area contributed by atoms with Crippen molar-refractivity contribution < 1.29 is 0 Å². The lowest BCUT2D eigenvalue weighted by Crippen LogP contribution is -2.55. The third-order valence-electron chi connectivity index (χ3n) is 3.50. The molecular formula is C14H18N4. The Morgan fingerprint density at radius 2 is 2.11 bits per heavy atom. The smallest absolute Gasteiger partial charge is 0.226 e. The quantitative estimate of drug-likeness (QED) is 0.828. The highest BCUT2D eigenvalue weighted by Crippen LogP contribution is 2.18. The van der Waals surface area contributed by atoms with Crippen LogP contribution in [0.25, 0.3) is 10.9 Å². The van der Waals surface area contributed by atoms with E-state index in [1.165, 1.54) is 0 Å². The van der Waals surface area contributed by atoms with E-state index in [4.69, 9.17) is 0 Å². The summed E-state index contributed by atoms with van der Waals surface area (Å²) >= 11 is 0. The number of hydrogen-bond acceptors (Lipinski definition) is 4. The van der Waals surface area contributed by atoms with Crippen molar-refractivity contribution >= 4 is 16.9 Å². The summed E-state index contributed by atoms with van der Waals surface area (Å²) < 4.78 is 0. The van der Waals surface area contributed by atoms with Crippen LogP contribution in [0, 0.1) is 0 Å². The van der Waals surface area contributed by atoms with Gasteiger partial charge < -0.3 is 10.2 Å². The Kier molecular flexibility index (Phi) is 2.88. The lowest BCUT2D eigenvalue weighted by atomic mass is 10.1. The molecule has 2 atom stereocenters. The van der Waals surface area contributed by atoms with Crippen LogP contribution in [0.2, 0.25) is 0 Å². The first-order valence-electron chi connectivity index (χ1n) is 6.46. The molecule has 3 rings (SSSR count). The molecule has 1 saturated heterocycles. The van der Waals surface area contributed by atoms with Crippen molar-refractivity contribution in [1.82, 2.24) is 15.3 Å². The molecule has 2 unspecified atom stereocenters. The van der Waals surface area contributed by atoms with Crippen LogP contribution in [0.1, 0.15) is 13.8 Å². The molecule has 4 heteroatoms. The van der Waals surface area contributed by atoms with Gasteiger partial charge in [0.1, 0.15) is 0 Å². The van der Waals surface area contributed by atoms with Gasteiger partial charge in [0.25, 0.3) is 0 Å². The highest BCUT2D eigenvalue weighted by molar-refractivity contribution is 5.78. The topological polar surface area (TPSA) is 41.1 Å². The molecule has 0 amide bonds. The lowest BCUT2D eigenvalue weighted by molar-refractivity contribution is 0.420. The van der Waals surface area contributed by atoms with Gasteiger partial charge in [0.05, 0.1) is 5.52 Å². The van der Waals surface area contributed by atoms with Crippen LogP contribution in [-0.2, 0) is 0 Å². The zero-order valence-corrected chi connectivity index (χ0v) is 10.8. The number of nitrogens with one attached hydrogen (secondary N) is 1. The van der Waals surface area contributed by atoms with Gasteiger partial charge in [0.2, 0.25) is 5.95 Å². The van der Waals surface area contributed by atoms with Crippen LogP contribution in [-0.4, -0.2) is 35.1 Å². The van der Waals surface area contributed by atoms with E-state index in [1.807, 2.05) is 30.5 Å². The summed E-state index contributed by atoms with van der Waals surface area (Å²) in [5.41, 5.74) is 1.01. The maximum absolute atomic E-state index is 4.67. The molecule has 0 spiro atoms. The zero-order valence-electron chi connectivity index (χ0n) is 10.8. The molecule has 1 aliphatic rings. The van der Waals surface area contributed by atoms with E-state index in [0.717, 1.165) is 29.9 Å². The van der Waals surface area contributed by atoms with Gasteiger partial charge in [0.15, 0.2) is 0 Å². The van der Waals surface area contributed by atoms with Crippen molar-refractivity contribution in [1.29, 1.82) is 0 Å². The highest BCUT2D eigenvalue weighted by Gasteiger charge is 2.24. The number of aromatic nitrogens is 2. The summed E-state index contributed by atoms with van der Waals surface area (Å²) in [4.78, 5) is 11.5. The Morgan fingerprint density at radius 3 is 3.00 bits per heavy atom. The molecule has 94 valence electrons. The second-order valence-electron chi connectivity index (χ2n) is 5.04. The van der Waals surface area contributed by atoms with Gasteiger partial charge >= 0.3 is 0 Å². The standard InChI is InChI=1S/C14H18N4/c1-10-9-18(11(2)7-15-10)14-16-8-12-5-3-4-6-13(12)17-14/h3-6,8,10-11,15H,7,9H2,1-2H3. The summed E-state index contributed by atoms with van der Waals surface area (Å²) in [5, 5.41) is 4.57. The van der Waals surface area contributed by atoms with Gasteiger partial charge in [-0.25, -0.2) is 9.97 Å². The number of piperazine rings is 1. The highest BCUT2D eigenvalue weighted by atomic mass is 15.3. The molecule has 1 fully saturated rings. The maximum Gasteiger partial charge on any atom is 0.226 e. The summed E-state index contributed by atoms with van der Waals surface area (Å²) in [6, 6.07) is 9.03. The van der Waals surface area contributed by atoms with Gasteiger partial charge in [-0.1, -0.05) is 18.2 Å². The molecule has 0 saturated carbocycles. The SMILES string of the molecule is CC1CN(c2ncc3ccccc3n2)C(C)CN1. The fraction of sp³-hybridized carbons (Fsp3) is 0.429. The minimum Gasteiger partial charge on any atom is -0.335 e. The lowest BCUT2D eigenvalue weighted by Gasteiger charge is -2.37. The van der Waals surface area contributed by atoms with Crippen LogP contribution < -0.4 is 10.2 Å². The number of rotatable bonds is 1. The minimum absolute atomic E-state index is 0.433. The summed E-state index contributed by atoms with van der Waals surface area (Å²) in [6.07, 6.45) is 1.91. The first kappa shape index (κ1) is 11.4. The van der Waals surface area contributed by atoms with Crippen molar-refractivity contribution in [3.8, 4) is 0 Å². The Bertz CT molecular complexity index is 554. The van der Waals surface area contributed by atoms with E-state index in [9.17, 15) is 0 Å². The van der Waals surface area contributed by atoms with Gasteiger partial charge in [-0.2, -0.15) is 0 Å². The van der Waals surface area contributed by atoms with E-state index in [1.54, 1.807) is 0 Å². The Labute approximate surface area is 107 Å². The number of hydrogen-bond donors (Lipinski definition) is 1. The van der Waals surface area contributed by atoms with Gasteiger partial charge in [-0.3, -0.25) is 0 Å². The van der Waals surface area contributed by atoms with Crippen LogP contribution in [0.15, 0.2) is 30.5 Å². The molecular weight excluding hydrogens is 224 g/mol. The average molecular weight is 242 g/mol. The largest absolute Gasteiger partial charge is 0.335 e. The summed E-state index contributed by atoms with van der Waals surface area (Å²) in [6.45, 7) is 6.34. The van der Waals surface area contributed by atoms with E-state index >= 15 is 0 Å². The van der Waals surface area contributed by atoms with Crippen LogP contribution in [0.4, 0.5) is 5.95 Å². The Morgan fingerprint density at radius 1 is 1.28 bits per heavy atom. The molecule has 0 radical (unpaired) electrons. The van der Waals surface area contributed by atoms with Gasteiger partial charge in [-0.15, -0.1) is 0 Å². The number of nitrogens with zero attached hydrogens (tertiary/aromatic N) is 3. The van der Waals surface area contributed by atoms with Crippen molar-refractivity contribution in [2.75, 3.05) is 18.0 Å². The molecule has 1 aromatic carbocycles. The third-order valence-corrected chi connectivity index (χ3v) is 3.50. The van der Waals surface area contributed by atoms with Gasteiger partial charge in [-0.05, 0) is 19.9 Å². The van der Waals surface area contributed by atoms with Crippen molar-refractivity contribution in [2.45, 2.75) is 25.9 Å². The Balaban J connectivity index is 1.97. The van der Waals surface area contributed by atoms with Crippen LogP contribution >= 0.6 is 0 Å². The first-order valence-corrected chi connectivity index (χ1v) is 6.46. The molecule has 2 aromatic rings. The fourth-order valence-corrected chi connectivity index (χ4v) is 2.40. The predicted octanol–water partition coefficient (Wildman–Crippen LogP) is 1.82. The van der Waals surface area contributed by atoms with Crippen LogP contribution in [0.5, 0.6) is 0 Å². The molecule has 2 heterocycles. The molecule has 1 N–H and O–H groups in total. The summed E-state index contributed by atoms with van der Waals surface area (Å²) in [5.74, 6) is 0.842.